The molecule has 0 spiro atoms. The Morgan fingerprint density at radius 1 is 1.12 bits per heavy atom. The summed E-state index contributed by atoms with van der Waals surface area (Å²) >= 11 is 5.98. The highest BCUT2D eigenvalue weighted by Gasteiger charge is 2.17. The van der Waals surface area contributed by atoms with Crippen molar-refractivity contribution in [1.29, 1.82) is 0 Å². The van der Waals surface area contributed by atoms with E-state index in [1.165, 1.54) is 0 Å². The maximum absolute atomic E-state index is 5.98. The van der Waals surface area contributed by atoms with E-state index >= 15 is 0 Å². The van der Waals surface area contributed by atoms with Crippen molar-refractivity contribution in [3.05, 3.63) is 47.7 Å². The van der Waals surface area contributed by atoms with E-state index in [-0.39, 0.29) is 0 Å². The second-order valence-electron chi connectivity index (χ2n) is 5.94. The zero-order chi connectivity index (χ0) is 16.4. The third kappa shape index (κ3) is 3.05. The molecule has 1 aliphatic heterocycles. The molecule has 1 saturated heterocycles. The van der Waals surface area contributed by atoms with Crippen LogP contribution >= 0.6 is 11.6 Å². The van der Waals surface area contributed by atoms with Crippen molar-refractivity contribution >= 4 is 28.2 Å². The molecule has 0 unspecified atom stereocenters. The maximum atomic E-state index is 5.98. The molecule has 1 aliphatic rings. The van der Waals surface area contributed by atoms with Crippen LogP contribution in [0.4, 0.5) is 5.82 Å². The zero-order valence-corrected chi connectivity index (χ0v) is 13.8. The van der Waals surface area contributed by atoms with Gasteiger partial charge in [0.15, 0.2) is 5.82 Å². The van der Waals surface area contributed by atoms with Gasteiger partial charge >= 0.3 is 0 Å². The Hall–Kier alpha value is -2.24. The number of hydrogen-bond acceptors (Lipinski definition) is 5. The summed E-state index contributed by atoms with van der Waals surface area (Å²) in [5.74, 6) is 1.32. The average Bonchev–Trinajstić information content (AvgIpc) is 3.14. The molecule has 0 radical (unpaired) electrons. The quantitative estimate of drug-likeness (QED) is 0.783. The van der Waals surface area contributed by atoms with Gasteiger partial charge in [0.2, 0.25) is 0 Å². The van der Waals surface area contributed by atoms with Gasteiger partial charge in [0.25, 0.3) is 0 Å². The molecule has 3 aromatic rings. The number of nitrogens with zero attached hydrogens (tertiary/aromatic N) is 3. The Labute approximate surface area is 145 Å². The van der Waals surface area contributed by atoms with Crippen LogP contribution in [0.15, 0.2) is 42.7 Å². The van der Waals surface area contributed by atoms with Gasteiger partial charge in [0, 0.05) is 52.8 Å². The first kappa shape index (κ1) is 15.3. The fourth-order valence-electron chi connectivity index (χ4n) is 2.93. The van der Waals surface area contributed by atoms with Gasteiger partial charge in [-0.25, -0.2) is 0 Å². The first-order valence-electron chi connectivity index (χ1n) is 7.99. The monoisotopic (exact) mass is 340 g/mol. The van der Waals surface area contributed by atoms with Crippen LogP contribution in [-0.2, 0) is 4.74 Å². The van der Waals surface area contributed by atoms with Crippen LogP contribution in [0.25, 0.3) is 22.0 Å². The minimum absolute atomic E-state index is 0.527. The molecule has 24 heavy (non-hydrogen) atoms. The molecular formula is C18H17ClN4O. The van der Waals surface area contributed by atoms with Gasteiger partial charge in [-0.3, -0.25) is 4.98 Å². The van der Waals surface area contributed by atoms with Crippen molar-refractivity contribution < 1.29 is 4.74 Å². The van der Waals surface area contributed by atoms with Crippen molar-refractivity contribution in [3.8, 4) is 11.3 Å². The van der Waals surface area contributed by atoms with Gasteiger partial charge in [0.1, 0.15) is 5.69 Å². The smallest absolute Gasteiger partial charge is 0.156 e. The molecule has 1 fully saturated rings. The van der Waals surface area contributed by atoms with Crippen molar-refractivity contribution in [2.45, 2.75) is 6.42 Å². The van der Waals surface area contributed by atoms with Gasteiger partial charge in [-0.2, -0.15) is 0 Å². The SMILES string of the molecule is Clc1ccc(-c2nnc(NC[C@H]3CCOC3)c3ccncc23)cc1. The number of ether oxygens (including phenoxy) is 1. The van der Waals surface area contributed by atoms with Gasteiger partial charge in [0.05, 0.1) is 6.61 Å². The van der Waals surface area contributed by atoms with Crippen LogP contribution < -0.4 is 5.32 Å². The standard InChI is InChI=1S/C18H17ClN4O/c19-14-3-1-13(2-4-14)17-16-10-20-7-5-15(16)18(23-22-17)21-9-12-6-8-24-11-12/h1-5,7,10,12H,6,8-9,11H2,(H,21,23)/t12-/m1/s1. The molecule has 0 saturated carbocycles. The summed E-state index contributed by atoms with van der Waals surface area (Å²) in [6.45, 7) is 2.49. The number of nitrogens with one attached hydrogen (secondary N) is 1. The molecule has 1 aromatic carbocycles. The highest BCUT2D eigenvalue weighted by molar-refractivity contribution is 6.30. The second-order valence-corrected chi connectivity index (χ2v) is 6.37. The van der Waals surface area contributed by atoms with E-state index < -0.39 is 0 Å². The summed E-state index contributed by atoms with van der Waals surface area (Å²) < 4.78 is 5.42. The van der Waals surface area contributed by atoms with Crippen LogP contribution in [0.1, 0.15) is 6.42 Å². The van der Waals surface area contributed by atoms with E-state index in [2.05, 4.69) is 20.5 Å². The van der Waals surface area contributed by atoms with Crippen molar-refractivity contribution in [3.63, 3.8) is 0 Å². The van der Waals surface area contributed by atoms with E-state index in [0.717, 1.165) is 54.0 Å². The van der Waals surface area contributed by atoms with E-state index in [0.29, 0.717) is 10.9 Å². The summed E-state index contributed by atoms with van der Waals surface area (Å²) in [5, 5.41) is 14.9. The Kier molecular flexibility index (Phi) is 4.28. The Bertz CT molecular complexity index is 847. The highest BCUT2D eigenvalue weighted by atomic mass is 35.5. The van der Waals surface area contributed by atoms with E-state index in [9.17, 15) is 0 Å². The van der Waals surface area contributed by atoms with E-state index in [1.54, 1.807) is 6.20 Å². The second kappa shape index (κ2) is 6.71. The summed E-state index contributed by atoms with van der Waals surface area (Å²) in [7, 11) is 0. The normalized spacial score (nSPS) is 17.3. The molecule has 2 aromatic heterocycles. The van der Waals surface area contributed by atoms with Crippen LogP contribution in [0.2, 0.25) is 5.02 Å². The number of benzene rings is 1. The Morgan fingerprint density at radius 3 is 2.79 bits per heavy atom. The van der Waals surface area contributed by atoms with Crippen LogP contribution in [0.5, 0.6) is 0 Å². The lowest BCUT2D eigenvalue weighted by Crippen LogP contribution is -2.15. The number of rotatable bonds is 4. The third-order valence-electron chi connectivity index (χ3n) is 4.28. The molecule has 0 aliphatic carbocycles. The predicted molar refractivity (Wildman–Crippen MR) is 95.2 cm³/mol. The van der Waals surface area contributed by atoms with Crippen LogP contribution in [-0.4, -0.2) is 34.9 Å². The topological polar surface area (TPSA) is 59.9 Å². The summed E-state index contributed by atoms with van der Waals surface area (Å²) in [6.07, 6.45) is 4.69. The molecule has 1 N–H and O–H groups in total. The minimum Gasteiger partial charge on any atom is -0.381 e. The van der Waals surface area contributed by atoms with Gasteiger partial charge in [-0.05, 0) is 24.6 Å². The first-order valence-corrected chi connectivity index (χ1v) is 8.37. The molecule has 0 amide bonds. The van der Waals surface area contributed by atoms with E-state index in [4.69, 9.17) is 16.3 Å². The maximum Gasteiger partial charge on any atom is 0.156 e. The van der Waals surface area contributed by atoms with Gasteiger partial charge in [-0.15, -0.1) is 10.2 Å². The van der Waals surface area contributed by atoms with Crippen LogP contribution in [0.3, 0.4) is 0 Å². The molecule has 3 heterocycles. The molecule has 1 atom stereocenters. The number of halogens is 1. The van der Waals surface area contributed by atoms with Gasteiger partial charge < -0.3 is 10.1 Å². The largest absolute Gasteiger partial charge is 0.381 e. The Balaban J connectivity index is 1.70. The number of hydrogen-bond donors (Lipinski definition) is 1. The predicted octanol–water partition coefficient (Wildman–Crippen LogP) is 3.79. The summed E-state index contributed by atoms with van der Waals surface area (Å²) in [6, 6.07) is 9.57. The fourth-order valence-corrected chi connectivity index (χ4v) is 3.06. The zero-order valence-electron chi connectivity index (χ0n) is 13.1. The number of fused-ring (bicyclic) bond motifs is 1. The molecular weight excluding hydrogens is 324 g/mol. The number of aromatic nitrogens is 3. The lowest BCUT2D eigenvalue weighted by Gasteiger charge is -2.13. The lowest BCUT2D eigenvalue weighted by molar-refractivity contribution is 0.187. The fraction of sp³-hybridized carbons (Fsp3) is 0.278. The Morgan fingerprint density at radius 2 is 2.00 bits per heavy atom. The lowest BCUT2D eigenvalue weighted by atomic mass is 10.1. The molecule has 0 bridgehead atoms. The van der Waals surface area contributed by atoms with Crippen molar-refractivity contribution in [1.82, 2.24) is 15.2 Å². The molecule has 4 rings (SSSR count). The average molecular weight is 341 g/mol. The molecule has 6 heteroatoms. The van der Waals surface area contributed by atoms with Crippen molar-refractivity contribution in [2.24, 2.45) is 5.92 Å². The van der Waals surface area contributed by atoms with E-state index in [1.807, 2.05) is 36.5 Å². The summed E-state index contributed by atoms with van der Waals surface area (Å²) in [5.41, 5.74) is 1.78. The first-order chi connectivity index (χ1) is 11.8. The molecule has 122 valence electrons. The third-order valence-corrected chi connectivity index (χ3v) is 4.53. The van der Waals surface area contributed by atoms with Crippen molar-refractivity contribution in [2.75, 3.05) is 25.1 Å². The highest BCUT2D eigenvalue weighted by Crippen LogP contribution is 2.30. The van der Waals surface area contributed by atoms with Crippen LogP contribution in [0, 0.1) is 5.92 Å². The number of anilines is 1. The minimum atomic E-state index is 0.527. The summed E-state index contributed by atoms with van der Waals surface area (Å²) in [4.78, 5) is 4.25. The molecule has 5 nitrogen and oxygen atoms in total. The number of pyridine rings is 1. The van der Waals surface area contributed by atoms with Gasteiger partial charge in [-0.1, -0.05) is 23.7 Å².